The average molecular weight is 214 g/mol. The minimum atomic E-state index is -0.786. The second-order valence-electron chi connectivity index (χ2n) is 3.88. The van der Waals surface area contributed by atoms with Gasteiger partial charge >= 0.3 is 0 Å². The van der Waals surface area contributed by atoms with Crippen LogP contribution in [0.1, 0.15) is 18.1 Å². The Balaban J connectivity index is 1.99. The summed E-state index contributed by atoms with van der Waals surface area (Å²) in [7, 11) is 0. The lowest BCUT2D eigenvalue weighted by molar-refractivity contribution is 0.229. The molecule has 6 heteroatoms. The maximum absolute atomic E-state index is 13.2. The fraction of sp³-hybridized carbons (Fsp3) is 0.778. The molecule has 2 heterocycles. The number of halogens is 1. The van der Waals surface area contributed by atoms with Gasteiger partial charge < -0.3 is 10.3 Å². The molecule has 2 atom stereocenters. The van der Waals surface area contributed by atoms with Crippen LogP contribution in [-0.2, 0) is 6.54 Å². The van der Waals surface area contributed by atoms with Crippen molar-refractivity contribution in [3.8, 4) is 0 Å². The predicted molar refractivity (Wildman–Crippen MR) is 51.8 cm³/mol. The number of alkyl halides is 1. The minimum absolute atomic E-state index is 0.0961. The van der Waals surface area contributed by atoms with Gasteiger partial charge in [0.2, 0.25) is 5.89 Å². The van der Waals surface area contributed by atoms with Crippen molar-refractivity contribution in [3.05, 3.63) is 11.7 Å². The van der Waals surface area contributed by atoms with Crippen molar-refractivity contribution in [2.24, 2.45) is 5.73 Å². The topological polar surface area (TPSA) is 68.2 Å². The van der Waals surface area contributed by atoms with Crippen LogP contribution in [0.2, 0.25) is 0 Å². The molecule has 0 saturated carbocycles. The molecule has 84 valence electrons. The van der Waals surface area contributed by atoms with E-state index in [1.807, 2.05) is 4.90 Å². The molecule has 0 aliphatic carbocycles. The van der Waals surface area contributed by atoms with E-state index >= 15 is 0 Å². The Hall–Kier alpha value is -1.01. The van der Waals surface area contributed by atoms with Gasteiger partial charge in [-0.3, -0.25) is 4.90 Å². The first kappa shape index (κ1) is 10.5. The van der Waals surface area contributed by atoms with E-state index in [1.165, 1.54) is 0 Å². The lowest BCUT2D eigenvalue weighted by Gasteiger charge is -2.20. The molecule has 2 N–H and O–H groups in total. The first-order valence-electron chi connectivity index (χ1n) is 5.06. The molecule has 1 aromatic heterocycles. The van der Waals surface area contributed by atoms with Crippen LogP contribution in [0, 0.1) is 6.92 Å². The first-order valence-corrected chi connectivity index (χ1v) is 5.06. The molecule has 1 saturated heterocycles. The number of hydrogen-bond donors (Lipinski definition) is 1. The molecule has 15 heavy (non-hydrogen) atoms. The van der Waals surface area contributed by atoms with Crippen LogP contribution in [0.15, 0.2) is 4.52 Å². The van der Waals surface area contributed by atoms with E-state index in [0.717, 1.165) is 0 Å². The van der Waals surface area contributed by atoms with Gasteiger partial charge in [-0.05, 0) is 6.42 Å². The number of nitrogens with zero attached hydrogens (tertiary/aromatic N) is 3. The zero-order valence-electron chi connectivity index (χ0n) is 8.69. The number of aryl methyl sites for hydroxylation is 1. The smallest absolute Gasteiger partial charge is 0.223 e. The molecule has 0 amide bonds. The number of likely N-dealkylation sites (tertiary alicyclic amines) is 1. The second-order valence-corrected chi connectivity index (χ2v) is 3.88. The molecule has 1 aliphatic rings. The molecule has 0 spiro atoms. The van der Waals surface area contributed by atoms with Gasteiger partial charge in [0.1, 0.15) is 6.17 Å². The summed E-state index contributed by atoms with van der Waals surface area (Å²) in [6, 6.07) is 0.0961. The molecule has 0 aromatic carbocycles. The van der Waals surface area contributed by atoms with E-state index in [9.17, 15) is 4.39 Å². The van der Waals surface area contributed by atoms with Crippen molar-refractivity contribution in [3.63, 3.8) is 0 Å². The summed E-state index contributed by atoms with van der Waals surface area (Å²) in [6.07, 6.45) is -0.278. The maximum Gasteiger partial charge on any atom is 0.223 e. The third-order valence-corrected chi connectivity index (χ3v) is 2.66. The van der Waals surface area contributed by atoms with Crippen molar-refractivity contribution in [2.45, 2.75) is 32.1 Å². The van der Waals surface area contributed by atoms with Crippen molar-refractivity contribution in [1.82, 2.24) is 15.0 Å². The Kier molecular flexibility index (Phi) is 2.97. The van der Waals surface area contributed by atoms with E-state index in [-0.39, 0.29) is 6.04 Å². The van der Waals surface area contributed by atoms with Crippen molar-refractivity contribution in [2.75, 3.05) is 13.1 Å². The summed E-state index contributed by atoms with van der Waals surface area (Å²) in [5, 5.41) is 3.78. The van der Waals surface area contributed by atoms with Gasteiger partial charge in [-0.2, -0.15) is 4.98 Å². The highest BCUT2D eigenvalue weighted by molar-refractivity contribution is 4.91. The first-order chi connectivity index (χ1) is 7.19. The lowest BCUT2D eigenvalue weighted by atomic mass is 10.2. The molecule has 1 aliphatic heterocycles. The Morgan fingerprint density at radius 2 is 2.47 bits per heavy atom. The number of aromatic nitrogens is 2. The summed E-state index contributed by atoms with van der Waals surface area (Å²) >= 11 is 0. The summed E-state index contributed by atoms with van der Waals surface area (Å²) in [5.74, 6) is 1.13. The molecule has 5 nitrogen and oxygen atoms in total. The van der Waals surface area contributed by atoms with Gasteiger partial charge in [0.15, 0.2) is 5.82 Å². The third-order valence-electron chi connectivity index (χ3n) is 2.66. The predicted octanol–water partition coefficient (Wildman–Crippen LogP) is 0.249. The van der Waals surface area contributed by atoms with Crippen LogP contribution in [0.4, 0.5) is 4.39 Å². The fourth-order valence-corrected chi connectivity index (χ4v) is 1.95. The third kappa shape index (κ3) is 2.32. The van der Waals surface area contributed by atoms with Crippen molar-refractivity contribution in [1.29, 1.82) is 0 Å². The van der Waals surface area contributed by atoms with E-state index < -0.39 is 6.17 Å². The van der Waals surface area contributed by atoms with Crippen molar-refractivity contribution < 1.29 is 8.91 Å². The zero-order chi connectivity index (χ0) is 10.8. The van der Waals surface area contributed by atoms with Crippen molar-refractivity contribution >= 4 is 0 Å². The lowest BCUT2D eigenvalue weighted by Crippen LogP contribution is -2.35. The van der Waals surface area contributed by atoms with Gasteiger partial charge in [0, 0.05) is 26.1 Å². The Morgan fingerprint density at radius 1 is 1.67 bits per heavy atom. The largest absolute Gasteiger partial charge is 0.340 e. The van der Waals surface area contributed by atoms with Crippen LogP contribution >= 0.6 is 0 Å². The van der Waals surface area contributed by atoms with E-state index in [1.54, 1.807) is 6.92 Å². The molecule has 1 fully saturated rings. The SMILES string of the molecule is Cc1nc(CN2C[C@H](F)C[C@H]2CN)no1. The summed E-state index contributed by atoms with van der Waals surface area (Å²) in [5.41, 5.74) is 5.57. The minimum Gasteiger partial charge on any atom is -0.340 e. The van der Waals surface area contributed by atoms with Crippen LogP contribution in [0.25, 0.3) is 0 Å². The number of rotatable bonds is 3. The normalized spacial score (nSPS) is 27.4. The highest BCUT2D eigenvalue weighted by Crippen LogP contribution is 2.21. The molecule has 0 unspecified atom stereocenters. The molecular formula is C9H15FN4O. The maximum atomic E-state index is 13.2. The summed E-state index contributed by atoms with van der Waals surface area (Å²) in [6.45, 7) is 3.13. The highest BCUT2D eigenvalue weighted by Gasteiger charge is 2.31. The highest BCUT2D eigenvalue weighted by atomic mass is 19.1. The Labute approximate surface area is 87.4 Å². The molecule has 0 bridgehead atoms. The molecular weight excluding hydrogens is 199 g/mol. The number of nitrogens with two attached hydrogens (primary N) is 1. The standard InChI is InChI=1S/C9H15FN4O/c1-6-12-9(13-15-6)5-14-4-7(10)2-8(14)3-11/h7-8H,2-5,11H2,1H3/t7-,8+/m1/s1. The van der Waals surface area contributed by atoms with Crippen LogP contribution in [0.5, 0.6) is 0 Å². The van der Waals surface area contributed by atoms with Gasteiger partial charge in [-0.15, -0.1) is 0 Å². The average Bonchev–Trinajstić information content (AvgIpc) is 2.73. The Morgan fingerprint density at radius 3 is 3.07 bits per heavy atom. The van der Waals surface area contributed by atoms with Crippen LogP contribution < -0.4 is 5.73 Å². The Bertz CT molecular complexity index is 330. The number of hydrogen-bond acceptors (Lipinski definition) is 5. The van der Waals surface area contributed by atoms with Gasteiger partial charge in [-0.25, -0.2) is 4.39 Å². The second kappa shape index (κ2) is 4.24. The molecule has 1 aromatic rings. The summed E-state index contributed by atoms with van der Waals surface area (Å²) < 4.78 is 18.0. The van der Waals surface area contributed by atoms with Gasteiger partial charge in [-0.1, -0.05) is 5.16 Å². The van der Waals surface area contributed by atoms with Gasteiger partial charge in [0.25, 0.3) is 0 Å². The van der Waals surface area contributed by atoms with E-state index in [2.05, 4.69) is 10.1 Å². The molecule has 2 rings (SSSR count). The monoisotopic (exact) mass is 214 g/mol. The van der Waals surface area contributed by atoms with Crippen LogP contribution in [-0.4, -0.2) is 40.3 Å². The molecule has 0 radical (unpaired) electrons. The summed E-state index contributed by atoms with van der Waals surface area (Å²) in [4.78, 5) is 6.05. The zero-order valence-corrected chi connectivity index (χ0v) is 8.69. The quantitative estimate of drug-likeness (QED) is 0.781. The van der Waals surface area contributed by atoms with Crippen LogP contribution in [0.3, 0.4) is 0 Å². The fourth-order valence-electron chi connectivity index (χ4n) is 1.95. The van der Waals surface area contributed by atoms with E-state index in [4.69, 9.17) is 10.3 Å². The van der Waals surface area contributed by atoms with E-state index in [0.29, 0.717) is 37.8 Å². The van der Waals surface area contributed by atoms with Gasteiger partial charge in [0.05, 0.1) is 6.54 Å².